The lowest BCUT2D eigenvalue weighted by Gasteiger charge is -2.35. The summed E-state index contributed by atoms with van der Waals surface area (Å²) in [6.45, 7) is 11.0. The smallest absolute Gasteiger partial charge is 0.219 e. The molecule has 3 aromatic rings. The van der Waals surface area contributed by atoms with Crippen LogP contribution in [0.15, 0.2) is 30.3 Å². The molecule has 0 aliphatic carbocycles. The quantitative estimate of drug-likeness (QED) is 0.683. The number of anilines is 1. The third-order valence-corrected chi connectivity index (χ3v) is 5.35. The van der Waals surface area contributed by atoms with E-state index in [1.54, 1.807) is 6.92 Å². The number of amides is 1. The Morgan fingerprint density at radius 2 is 1.76 bits per heavy atom. The first-order valence-corrected chi connectivity index (χ1v) is 10.3. The molecule has 1 saturated heterocycles. The van der Waals surface area contributed by atoms with Crippen LogP contribution in [0, 0.1) is 12.8 Å². The highest BCUT2D eigenvalue weighted by Gasteiger charge is 2.25. The minimum Gasteiger partial charge on any atom is -0.352 e. The molecular formula is C22H28N6O. The highest BCUT2D eigenvalue weighted by Crippen LogP contribution is 2.30. The lowest BCUT2D eigenvalue weighted by Crippen LogP contribution is -2.48. The van der Waals surface area contributed by atoms with Crippen molar-refractivity contribution in [3.63, 3.8) is 0 Å². The van der Waals surface area contributed by atoms with Gasteiger partial charge in [0.2, 0.25) is 5.91 Å². The minimum absolute atomic E-state index is 0.131. The fourth-order valence-corrected chi connectivity index (χ4v) is 3.87. The summed E-state index contributed by atoms with van der Waals surface area (Å²) in [6, 6.07) is 10.1. The Morgan fingerprint density at radius 1 is 1.07 bits per heavy atom. The molecule has 1 aliphatic rings. The molecular weight excluding hydrogens is 364 g/mol. The molecule has 1 aliphatic heterocycles. The van der Waals surface area contributed by atoms with E-state index < -0.39 is 0 Å². The average molecular weight is 393 g/mol. The maximum atomic E-state index is 11.7. The summed E-state index contributed by atoms with van der Waals surface area (Å²) in [5.74, 6) is 2.37. The van der Waals surface area contributed by atoms with Gasteiger partial charge in [0.1, 0.15) is 11.6 Å². The van der Waals surface area contributed by atoms with Crippen LogP contribution in [0.25, 0.3) is 16.7 Å². The second-order valence-corrected chi connectivity index (χ2v) is 8.09. The zero-order valence-electron chi connectivity index (χ0n) is 17.6. The molecule has 1 amide bonds. The van der Waals surface area contributed by atoms with E-state index in [1.165, 1.54) is 0 Å². The number of carbonyl (C=O) groups is 1. The molecule has 0 bridgehead atoms. The zero-order chi connectivity index (χ0) is 20.5. The molecule has 29 heavy (non-hydrogen) atoms. The van der Waals surface area contributed by atoms with Crippen LogP contribution in [-0.4, -0.2) is 56.7 Å². The Hall–Kier alpha value is -2.96. The van der Waals surface area contributed by atoms with Crippen LogP contribution in [-0.2, 0) is 11.2 Å². The maximum Gasteiger partial charge on any atom is 0.219 e. The molecule has 0 atom stereocenters. The Bertz CT molecular complexity index is 1020. The number of hydrogen-bond donors (Lipinski definition) is 0. The van der Waals surface area contributed by atoms with Crippen LogP contribution in [0.1, 0.15) is 32.3 Å². The molecule has 0 unspecified atom stereocenters. The van der Waals surface area contributed by atoms with Gasteiger partial charge < -0.3 is 9.80 Å². The Kier molecular flexibility index (Phi) is 5.22. The van der Waals surface area contributed by atoms with Gasteiger partial charge in [0.15, 0.2) is 5.65 Å². The van der Waals surface area contributed by atoms with Gasteiger partial charge in [0.05, 0.1) is 16.8 Å². The predicted octanol–water partition coefficient (Wildman–Crippen LogP) is 2.99. The number of piperazine rings is 1. The molecule has 0 spiro atoms. The maximum absolute atomic E-state index is 11.7. The summed E-state index contributed by atoms with van der Waals surface area (Å²) < 4.78 is 1.92. The summed E-state index contributed by atoms with van der Waals surface area (Å²) in [6.07, 6.45) is 0.815. The predicted molar refractivity (Wildman–Crippen MR) is 114 cm³/mol. The number of rotatable bonds is 4. The Morgan fingerprint density at radius 3 is 2.38 bits per heavy atom. The fourth-order valence-electron chi connectivity index (χ4n) is 3.87. The van der Waals surface area contributed by atoms with E-state index in [-0.39, 0.29) is 5.91 Å². The van der Waals surface area contributed by atoms with Crippen molar-refractivity contribution in [1.82, 2.24) is 24.6 Å². The molecule has 7 heteroatoms. The lowest BCUT2D eigenvalue weighted by molar-refractivity contribution is -0.129. The van der Waals surface area contributed by atoms with E-state index in [1.807, 2.05) is 46.8 Å². The SMILES string of the molecule is CC(=O)N1CCN(c2nc(CC(C)C)nc3c2c(C)nn3-c2ccccc2)CC1. The van der Waals surface area contributed by atoms with E-state index in [0.717, 1.165) is 53.6 Å². The van der Waals surface area contributed by atoms with Crippen molar-refractivity contribution >= 4 is 22.8 Å². The van der Waals surface area contributed by atoms with Crippen molar-refractivity contribution in [2.75, 3.05) is 31.1 Å². The summed E-state index contributed by atoms with van der Waals surface area (Å²) >= 11 is 0. The number of nitrogens with zero attached hydrogens (tertiary/aromatic N) is 6. The molecule has 0 N–H and O–H groups in total. The van der Waals surface area contributed by atoms with E-state index in [4.69, 9.17) is 15.1 Å². The lowest BCUT2D eigenvalue weighted by atomic mass is 10.1. The monoisotopic (exact) mass is 392 g/mol. The van der Waals surface area contributed by atoms with E-state index >= 15 is 0 Å². The van der Waals surface area contributed by atoms with Crippen LogP contribution in [0.3, 0.4) is 0 Å². The number of aryl methyl sites for hydroxylation is 1. The van der Waals surface area contributed by atoms with Gasteiger partial charge in [-0.3, -0.25) is 4.79 Å². The summed E-state index contributed by atoms with van der Waals surface area (Å²) in [4.78, 5) is 25.8. The van der Waals surface area contributed by atoms with Gasteiger partial charge >= 0.3 is 0 Å². The summed E-state index contributed by atoms with van der Waals surface area (Å²) in [5.41, 5.74) is 2.76. The standard InChI is InChI=1S/C22H28N6O/c1-15(2)14-19-23-21(27-12-10-26(11-13-27)17(4)29)20-16(3)25-28(22(20)24-19)18-8-6-5-7-9-18/h5-9,15H,10-14H2,1-4H3. The van der Waals surface area contributed by atoms with Crippen molar-refractivity contribution in [2.45, 2.75) is 34.1 Å². The third-order valence-electron chi connectivity index (χ3n) is 5.35. The molecule has 1 aromatic carbocycles. The van der Waals surface area contributed by atoms with Gasteiger partial charge in [0.25, 0.3) is 0 Å². The summed E-state index contributed by atoms with van der Waals surface area (Å²) in [5, 5.41) is 5.80. The Labute approximate surface area is 171 Å². The Balaban J connectivity index is 1.83. The molecule has 0 radical (unpaired) electrons. The first kappa shape index (κ1) is 19.4. The average Bonchev–Trinajstić information content (AvgIpc) is 3.04. The zero-order valence-corrected chi connectivity index (χ0v) is 17.6. The number of para-hydroxylation sites is 1. The van der Waals surface area contributed by atoms with Crippen LogP contribution in [0.5, 0.6) is 0 Å². The molecule has 4 rings (SSSR count). The molecule has 1 fully saturated rings. The number of aromatic nitrogens is 4. The van der Waals surface area contributed by atoms with Gasteiger partial charge in [-0.1, -0.05) is 32.0 Å². The largest absolute Gasteiger partial charge is 0.352 e. The van der Waals surface area contributed by atoms with Crippen molar-refractivity contribution in [3.8, 4) is 5.69 Å². The van der Waals surface area contributed by atoms with Gasteiger partial charge in [-0.25, -0.2) is 14.6 Å². The van der Waals surface area contributed by atoms with Crippen molar-refractivity contribution in [2.24, 2.45) is 5.92 Å². The van der Waals surface area contributed by atoms with Crippen LogP contribution < -0.4 is 4.90 Å². The highest BCUT2D eigenvalue weighted by atomic mass is 16.2. The number of fused-ring (bicyclic) bond motifs is 1. The van der Waals surface area contributed by atoms with Gasteiger partial charge in [-0.2, -0.15) is 5.10 Å². The van der Waals surface area contributed by atoms with Crippen LogP contribution >= 0.6 is 0 Å². The molecule has 0 saturated carbocycles. The van der Waals surface area contributed by atoms with Gasteiger partial charge in [-0.15, -0.1) is 0 Å². The molecule has 152 valence electrons. The number of benzene rings is 1. The van der Waals surface area contributed by atoms with Crippen molar-refractivity contribution in [1.29, 1.82) is 0 Å². The first-order valence-electron chi connectivity index (χ1n) is 10.3. The van der Waals surface area contributed by atoms with Gasteiger partial charge in [-0.05, 0) is 25.0 Å². The fraction of sp³-hybridized carbons (Fsp3) is 0.455. The number of carbonyl (C=O) groups excluding carboxylic acids is 1. The van der Waals surface area contributed by atoms with Crippen LogP contribution in [0.4, 0.5) is 5.82 Å². The van der Waals surface area contributed by atoms with E-state index in [9.17, 15) is 4.79 Å². The van der Waals surface area contributed by atoms with E-state index in [2.05, 4.69) is 18.7 Å². The van der Waals surface area contributed by atoms with Crippen molar-refractivity contribution in [3.05, 3.63) is 41.9 Å². The third kappa shape index (κ3) is 3.81. The van der Waals surface area contributed by atoms with Crippen LogP contribution in [0.2, 0.25) is 0 Å². The minimum atomic E-state index is 0.131. The van der Waals surface area contributed by atoms with Crippen molar-refractivity contribution < 1.29 is 4.79 Å². The topological polar surface area (TPSA) is 67.2 Å². The second kappa shape index (κ2) is 7.81. The summed E-state index contributed by atoms with van der Waals surface area (Å²) in [7, 11) is 0. The second-order valence-electron chi connectivity index (χ2n) is 8.09. The normalized spacial score (nSPS) is 14.8. The first-order chi connectivity index (χ1) is 13.9. The molecule has 2 aromatic heterocycles. The van der Waals surface area contributed by atoms with E-state index in [0.29, 0.717) is 19.0 Å². The van der Waals surface area contributed by atoms with Gasteiger partial charge in [0, 0.05) is 39.5 Å². The number of hydrogen-bond acceptors (Lipinski definition) is 5. The molecule has 7 nitrogen and oxygen atoms in total. The highest BCUT2D eigenvalue weighted by molar-refractivity contribution is 5.91. The molecule has 3 heterocycles.